The molecule has 1 aromatic heterocycles. The van der Waals surface area contributed by atoms with Gasteiger partial charge in [-0.2, -0.15) is 13.2 Å². The van der Waals surface area contributed by atoms with Gasteiger partial charge in [-0.1, -0.05) is 12.1 Å². The van der Waals surface area contributed by atoms with Gasteiger partial charge < -0.3 is 10.1 Å². The van der Waals surface area contributed by atoms with Crippen molar-refractivity contribution >= 4 is 11.9 Å². The molecule has 0 radical (unpaired) electrons. The van der Waals surface area contributed by atoms with Crippen LogP contribution in [0.4, 0.5) is 13.2 Å². The van der Waals surface area contributed by atoms with Gasteiger partial charge in [0.05, 0.1) is 12.8 Å². The standard InChI is InChI=1S/C10H13F3N4O3/c1-3-6-8(9(19)20-2)15-16-17(6)4-7(18)14-5-10(11,12)13/h3-5H2,1-2H3,(H,14,18). The number of esters is 1. The molecule has 7 nitrogen and oxygen atoms in total. The molecule has 10 heteroatoms. The fraction of sp³-hybridized carbons (Fsp3) is 0.600. The van der Waals surface area contributed by atoms with Crippen LogP contribution in [0.5, 0.6) is 0 Å². The maximum absolute atomic E-state index is 11.9. The van der Waals surface area contributed by atoms with Gasteiger partial charge in [0.25, 0.3) is 0 Å². The summed E-state index contributed by atoms with van der Waals surface area (Å²) in [7, 11) is 1.16. The number of nitrogens with zero attached hydrogens (tertiary/aromatic N) is 3. The predicted molar refractivity (Wildman–Crippen MR) is 59.8 cm³/mol. The van der Waals surface area contributed by atoms with Gasteiger partial charge in [0, 0.05) is 0 Å². The first-order chi connectivity index (χ1) is 9.28. The Morgan fingerprint density at radius 2 is 2.05 bits per heavy atom. The van der Waals surface area contributed by atoms with E-state index in [0.29, 0.717) is 12.1 Å². The first kappa shape index (κ1) is 15.9. The van der Waals surface area contributed by atoms with Crippen molar-refractivity contribution in [2.75, 3.05) is 13.7 Å². The van der Waals surface area contributed by atoms with Crippen LogP contribution >= 0.6 is 0 Å². The lowest BCUT2D eigenvalue weighted by atomic mass is 10.2. The Labute approximate surface area is 112 Å². The van der Waals surface area contributed by atoms with Crippen LogP contribution in [0.3, 0.4) is 0 Å². The van der Waals surface area contributed by atoms with Gasteiger partial charge in [-0.3, -0.25) is 4.79 Å². The molecular formula is C10H13F3N4O3. The van der Waals surface area contributed by atoms with E-state index in [2.05, 4.69) is 15.0 Å². The van der Waals surface area contributed by atoms with Gasteiger partial charge >= 0.3 is 12.1 Å². The summed E-state index contributed by atoms with van der Waals surface area (Å²) in [5.74, 6) is -1.60. The number of halogens is 3. The Balaban J connectivity index is 2.75. The number of amides is 1. The van der Waals surface area contributed by atoms with Gasteiger partial charge in [-0.15, -0.1) is 5.10 Å². The smallest absolute Gasteiger partial charge is 0.405 e. The molecule has 0 aliphatic carbocycles. The van der Waals surface area contributed by atoms with E-state index in [-0.39, 0.29) is 5.69 Å². The second-order valence-electron chi connectivity index (χ2n) is 3.78. The molecule has 20 heavy (non-hydrogen) atoms. The zero-order valence-corrected chi connectivity index (χ0v) is 10.8. The zero-order chi connectivity index (χ0) is 15.3. The lowest BCUT2D eigenvalue weighted by molar-refractivity contribution is -0.138. The molecule has 0 unspecified atom stereocenters. The van der Waals surface area contributed by atoms with Crippen molar-refractivity contribution in [2.24, 2.45) is 0 Å². The number of alkyl halides is 3. The molecule has 1 aromatic rings. The van der Waals surface area contributed by atoms with Crippen molar-refractivity contribution in [2.45, 2.75) is 26.1 Å². The van der Waals surface area contributed by atoms with Crippen LogP contribution in [-0.2, 0) is 22.5 Å². The van der Waals surface area contributed by atoms with Gasteiger partial charge in [0.15, 0.2) is 5.69 Å². The number of methoxy groups -OCH3 is 1. The molecule has 0 fully saturated rings. The molecule has 0 aromatic carbocycles. The molecule has 0 bridgehead atoms. The van der Waals surface area contributed by atoms with Crippen LogP contribution < -0.4 is 5.32 Å². The number of rotatable bonds is 5. The Morgan fingerprint density at radius 1 is 1.40 bits per heavy atom. The van der Waals surface area contributed by atoms with Crippen LogP contribution in [0, 0.1) is 0 Å². The highest BCUT2D eigenvalue weighted by molar-refractivity contribution is 5.88. The van der Waals surface area contributed by atoms with E-state index in [1.54, 1.807) is 12.2 Å². The normalized spacial score (nSPS) is 11.2. The highest BCUT2D eigenvalue weighted by Gasteiger charge is 2.28. The van der Waals surface area contributed by atoms with Crippen LogP contribution in [0.15, 0.2) is 0 Å². The summed E-state index contributed by atoms with van der Waals surface area (Å²) in [6, 6.07) is 0. The molecule has 1 rings (SSSR count). The fourth-order valence-electron chi connectivity index (χ4n) is 1.46. The van der Waals surface area contributed by atoms with Crippen molar-refractivity contribution in [3.63, 3.8) is 0 Å². The average molecular weight is 294 g/mol. The van der Waals surface area contributed by atoms with Crippen LogP contribution in [-0.4, -0.2) is 46.7 Å². The van der Waals surface area contributed by atoms with Crippen LogP contribution in [0.1, 0.15) is 23.1 Å². The number of aromatic nitrogens is 3. The quantitative estimate of drug-likeness (QED) is 0.790. The Hall–Kier alpha value is -2.13. The van der Waals surface area contributed by atoms with Gasteiger partial charge in [-0.25, -0.2) is 9.48 Å². The maximum Gasteiger partial charge on any atom is 0.405 e. The van der Waals surface area contributed by atoms with E-state index in [4.69, 9.17) is 0 Å². The molecule has 1 heterocycles. The van der Waals surface area contributed by atoms with E-state index < -0.39 is 31.1 Å². The number of nitrogens with one attached hydrogen (secondary N) is 1. The third-order valence-corrected chi connectivity index (χ3v) is 2.33. The molecule has 0 aliphatic heterocycles. The number of ether oxygens (including phenoxy) is 1. The monoisotopic (exact) mass is 294 g/mol. The first-order valence-corrected chi connectivity index (χ1v) is 5.62. The minimum absolute atomic E-state index is 0.0568. The van der Waals surface area contributed by atoms with E-state index in [0.717, 1.165) is 11.8 Å². The topological polar surface area (TPSA) is 86.1 Å². The summed E-state index contributed by atoms with van der Waals surface area (Å²) in [4.78, 5) is 22.7. The Kier molecular flexibility index (Phi) is 5.06. The third kappa shape index (κ3) is 4.21. The summed E-state index contributed by atoms with van der Waals surface area (Å²) < 4.78 is 41.4. The molecule has 0 saturated carbocycles. The molecule has 0 atom stereocenters. The fourth-order valence-corrected chi connectivity index (χ4v) is 1.46. The molecule has 0 spiro atoms. The number of hydrogen-bond donors (Lipinski definition) is 1. The third-order valence-electron chi connectivity index (χ3n) is 2.33. The highest BCUT2D eigenvalue weighted by Crippen LogP contribution is 2.12. The summed E-state index contributed by atoms with van der Waals surface area (Å²) in [6.45, 7) is -0.190. The van der Waals surface area contributed by atoms with Gasteiger partial charge in [0.1, 0.15) is 13.1 Å². The van der Waals surface area contributed by atoms with Gasteiger partial charge in [-0.05, 0) is 6.42 Å². The minimum Gasteiger partial charge on any atom is -0.464 e. The predicted octanol–water partition coefficient (Wildman–Crippen LogP) is 0.306. The molecule has 0 aliphatic rings. The Morgan fingerprint density at radius 3 is 2.55 bits per heavy atom. The van der Waals surface area contributed by atoms with Crippen LogP contribution in [0.2, 0.25) is 0 Å². The number of hydrogen-bond acceptors (Lipinski definition) is 5. The van der Waals surface area contributed by atoms with E-state index in [1.807, 2.05) is 0 Å². The lowest BCUT2D eigenvalue weighted by Gasteiger charge is -2.09. The van der Waals surface area contributed by atoms with Gasteiger partial charge in [0.2, 0.25) is 5.91 Å². The summed E-state index contributed by atoms with van der Waals surface area (Å²) in [5.41, 5.74) is 0.262. The Bertz CT molecular complexity index is 498. The molecule has 1 N–H and O–H groups in total. The zero-order valence-electron chi connectivity index (χ0n) is 10.8. The largest absolute Gasteiger partial charge is 0.464 e. The van der Waals surface area contributed by atoms with E-state index >= 15 is 0 Å². The van der Waals surface area contributed by atoms with Crippen molar-refractivity contribution < 1.29 is 27.5 Å². The molecular weight excluding hydrogens is 281 g/mol. The highest BCUT2D eigenvalue weighted by atomic mass is 19.4. The summed E-state index contributed by atoms with van der Waals surface area (Å²) in [6.07, 6.45) is -4.16. The maximum atomic E-state index is 11.9. The van der Waals surface area contributed by atoms with Crippen molar-refractivity contribution in [3.8, 4) is 0 Å². The minimum atomic E-state index is -4.48. The molecule has 0 saturated heterocycles. The second-order valence-corrected chi connectivity index (χ2v) is 3.78. The molecule has 112 valence electrons. The number of carbonyl (C=O) groups excluding carboxylic acids is 2. The lowest BCUT2D eigenvalue weighted by Crippen LogP contribution is -2.36. The average Bonchev–Trinajstić information content (AvgIpc) is 2.77. The van der Waals surface area contributed by atoms with Crippen molar-refractivity contribution in [3.05, 3.63) is 11.4 Å². The van der Waals surface area contributed by atoms with Crippen molar-refractivity contribution in [1.82, 2.24) is 20.3 Å². The summed E-state index contributed by atoms with van der Waals surface area (Å²) in [5, 5.41) is 8.83. The SMILES string of the molecule is CCc1c(C(=O)OC)nnn1CC(=O)NCC(F)(F)F. The molecule has 1 amide bonds. The second kappa shape index (κ2) is 6.35. The first-order valence-electron chi connectivity index (χ1n) is 5.62. The van der Waals surface area contributed by atoms with E-state index in [9.17, 15) is 22.8 Å². The summed E-state index contributed by atoms with van der Waals surface area (Å²) >= 11 is 0. The van der Waals surface area contributed by atoms with Crippen molar-refractivity contribution in [1.29, 1.82) is 0 Å². The van der Waals surface area contributed by atoms with E-state index in [1.165, 1.54) is 0 Å². The number of carbonyl (C=O) groups is 2. The van der Waals surface area contributed by atoms with Crippen LogP contribution in [0.25, 0.3) is 0 Å².